The summed E-state index contributed by atoms with van der Waals surface area (Å²) < 4.78 is 37.7. The zero-order valence-corrected chi connectivity index (χ0v) is 16.9. The standard InChI is InChI=1S/C19H21BrO4S/c1-19(2,3)15-6-4-5-7-18(15)25(21,22)14-8-9-17(16(20)10-14)24-12-13-11-23-13/h4-10,13H,11-12H2,1-3H3. The summed E-state index contributed by atoms with van der Waals surface area (Å²) in [5, 5.41) is 0. The van der Waals surface area contributed by atoms with Crippen molar-refractivity contribution in [2.45, 2.75) is 42.1 Å². The predicted molar refractivity (Wildman–Crippen MR) is 100.0 cm³/mol. The van der Waals surface area contributed by atoms with E-state index in [1.165, 1.54) is 0 Å². The lowest BCUT2D eigenvalue weighted by atomic mass is 9.87. The van der Waals surface area contributed by atoms with Gasteiger partial charge in [-0.05, 0) is 51.2 Å². The van der Waals surface area contributed by atoms with Crippen LogP contribution in [-0.4, -0.2) is 27.7 Å². The van der Waals surface area contributed by atoms with E-state index in [1.807, 2.05) is 32.9 Å². The van der Waals surface area contributed by atoms with Crippen LogP contribution >= 0.6 is 15.9 Å². The Hall–Kier alpha value is -1.37. The molecule has 0 radical (unpaired) electrons. The number of halogens is 1. The molecule has 1 saturated heterocycles. The van der Waals surface area contributed by atoms with E-state index in [0.29, 0.717) is 28.3 Å². The van der Waals surface area contributed by atoms with Crippen molar-refractivity contribution in [1.82, 2.24) is 0 Å². The molecule has 0 aromatic heterocycles. The van der Waals surface area contributed by atoms with Gasteiger partial charge in [-0.15, -0.1) is 0 Å². The molecule has 134 valence electrons. The van der Waals surface area contributed by atoms with Gasteiger partial charge in [0.25, 0.3) is 0 Å². The minimum atomic E-state index is -3.62. The summed E-state index contributed by atoms with van der Waals surface area (Å²) in [5.41, 5.74) is 0.533. The van der Waals surface area contributed by atoms with Gasteiger partial charge in [-0.25, -0.2) is 8.42 Å². The minimum absolute atomic E-state index is 0.147. The summed E-state index contributed by atoms with van der Waals surface area (Å²) in [6.07, 6.45) is 0.147. The highest BCUT2D eigenvalue weighted by atomic mass is 79.9. The van der Waals surface area contributed by atoms with Crippen molar-refractivity contribution in [3.05, 3.63) is 52.5 Å². The molecule has 4 nitrogen and oxygen atoms in total. The summed E-state index contributed by atoms with van der Waals surface area (Å²) in [6.45, 7) is 7.21. The second-order valence-corrected chi connectivity index (χ2v) is 9.88. The largest absolute Gasteiger partial charge is 0.490 e. The quantitative estimate of drug-likeness (QED) is 0.669. The van der Waals surface area contributed by atoms with E-state index in [2.05, 4.69) is 15.9 Å². The fraction of sp³-hybridized carbons (Fsp3) is 0.368. The fourth-order valence-electron chi connectivity index (χ4n) is 2.56. The van der Waals surface area contributed by atoms with Crippen molar-refractivity contribution >= 4 is 25.8 Å². The topological polar surface area (TPSA) is 55.9 Å². The summed E-state index contributed by atoms with van der Waals surface area (Å²) in [7, 11) is -3.62. The van der Waals surface area contributed by atoms with Crippen molar-refractivity contribution in [2.75, 3.05) is 13.2 Å². The third-order valence-electron chi connectivity index (χ3n) is 4.03. The van der Waals surface area contributed by atoms with Crippen LogP contribution in [0.5, 0.6) is 5.75 Å². The molecular weight excluding hydrogens is 404 g/mol. The zero-order chi connectivity index (χ0) is 18.2. The average Bonchev–Trinajstić information content (AvgIpc) is 3.37. The van der Waals surface area contributed by atoms with Crippen LogP contribution in [0.3, 0.4) is 0 Å². The fourth-order valence-corrected chi connectivity index (χ4v) is 4.90. The lowest BCUT2D eigenvalue weighted by Gasteiger charge is -2.22. The first kappa shape index (κ1) is 18.4. The van der Waals surface area contributed by atoms with Crippen LogP contribution in [0.25, 0.3) is 0 Å². The lowest BCUT2D eigenvalue weighted by molar-refractivity contribution is 0.261. The normalized spacial score (nSPS) is 17.4. The maximum atomic E-state index is 13.2. The van der Waals surface area contributed by atoms with Crippen molar-refractivity contribution in [3.8, 4) is 5.75 Å². The third-order valence-corrected chi connectivity index (χ3v) is 6.45. The minimum Gasteiger partial charge on any atom is -0.490 e. The second-order valence-electron chi connectivity index (χ2n) is 7.11. The molecule has 0 saturated carbocycles. The molecular formula is C19H21BrO4S. The number of benzene rings is 2. The average molecular weight is 425 g/mol. The van der Waals surface area contributed by atoms with E-state index in [9.17, 15) is 8.42 Å². The van der Waals surface area contributed by atoms with Gasteiger partial charge in [0.15, 0.2) is 0 Å². The molecule has 0 aliphatic carbocycles. The zero-order valence-electron chi connectivity index (χ0n) is 14.5. The van der Waals surface area contributed by atoms with Crippen LogP contribution in [0, 0.1) is 0 Å². The molecule has 2 aromatic rings. The molecule has 3 rings (SSSR count). The molecule has 1 unspecified atom stereocenters. The highest BCUT2D eigenvalue weighted by Gasteiger charge is 2.28. The molecule has 25 heavy (non-hydrogen) atoms. The number of ether oxygens (including phenoxy) is 2. The maximum absolute atomic E-state index is 13.2. The third kappa shape index (κ3) is 4.07. The lowest BCUT2D eigenvalue weighted by Crippen LogP contribution is -2.17. The van der Waals surface area contributed by atoms with Gasteiger partial charge >= 0.3 is 0 Å². The number of rotatable bonds is 5. The highest BCUT2D eigenvalue weighted by Crippen LogP contribution is 2.35. The molecule has 1 heterocycles. The number of epoxide rings is 1. The smallest absolute Gasteiger partial charge is 0.206 e. The van der Waals surface area contributed by atoms with Gasteiger partial charge < -0.3 is 9.47 Å². The Morgan fingerprint density at radius 3 is 2.48 bits per heavy atom. The maximum Gasteiger partial charge on any atom is 0.206 e. The Balaban J connectivity index is 1.96. The monoisotopic (exact) mass is 424 g/mol. The van der Waals surface area contributed by atoms with Crippen molar-refractivity contribution in [3.63, 3.8) is 0 Å². The predicted octanol–water partition coefficient (Wildman–Crippen LogP) is 4.36. The van der Waals surface area contributed by atoms with E-state index in [1.54, 1.807) is 30.3 Å². The van der Waals surface area contributed by atoms with Crippen molar-refractivity contribution < 1.29 is 17.9 Å². The second kappa shape index (κ2) is 6.74. The Labute approximate surface area is 157 Å². The van der Waals surface area contributed by atoms with Gasteiger partial charge in [0, 0.05) is 0 Å². The Morgan fingerprint density at radius 1 is 1.20 bits per heavy atom. The Bertz CT molecular complexity index is 881. The van der Waals surface area contributed by atoms with E-state index in [4.69, 9.17) is 9.47 Å². The Kier molecular flexibility index (Phi) is 4.97. The van der Waals surface area contributed by atoms with Crippen LogP contribution in [0.2, 0.25) is 0 Å². The molecule has 6 heteroatoms. The van der Waals surface area contributed by atoms with Crippen molar-refractivity contribution in [2.24, 2.45) is 0 Å². The van der Waals surface area contributed by atoms with E-state index < -0.39 is 9.84 Å². The van der Waals surface area contributed by atoms with Gasteiger partial charge in [0.2, 0.25) is 9.84 Å². The van der Waals surface area contributed by atoms with Gasteiger partial charge in [0.1, 0.15) is 18.5 Å². The first-order valence-electron chi connectivity index (χ1n) is 8.08. The SMILES string of the molecule is CC(C)(C)c1ccccc1S(=O)(=O)c1ccc(OCC2CO2)c(Br)c1. The molecule has 1 fully saturated rings. The summed E-state index contributed by atoms with van der Waals surface area (Å²) in [4.78, 5) is 0.584. The summed E-state index contributed by atoms with van der Waals surface area (Å²) in [5.74, 6) is 0.610. The molecule has 0 N–H and O–H groups in total. The molecule has 2 aromatic carbocycles. The van der Waals surface area contributed by atoms with Crippen LogP contribution in [0.15, 0.2) is 56.7 Å². The number of sulfone groups is 1. The summed E-state index contributed by atoms with van der Waals surface area (Å²) in [6, 6.07) is 12.0. The summed E-state index contributed by atoms with van der Waals surface area (Å²) >= 11 is 3.41. The molecule has 1 aliphatic heterocycles. The van der Waals surface area contributed by atoms with Crippen LogP contribution in [-0.2, 0) is 20.0 Å². The van der Waals surface area contributed by atoms with E-state index >= 15 is 0 Å². The highest BCUT2D eigenvalue weighted by molar-refractivity contribution is 9.10. The number of hydrogen-bond donors (Lipinski definition) is 0. The van der Waals surface area contributed by atoms with Gasteiger partial charge in [-0.1, -0.05) is 39.0 Å². The first-order valence-corrected chi connectivity index (χ1v) is 10.4. The molecule has 0 bridgehead atoms. The van der Waals surface area contributed by atoms with E-state index in [-0.39, 0.29) is 16.4 Å². The Morgan fingerprint density at radius 2 is 1.88 bits per heavy atom. The van der Waals surface area contributed by atoms with Crippen LogP contribution in [0.4, 0.5) is 0 Å². The molecule has 0 spiro atoms. The molecule has 1 aliphatic rings. The van der Waals surface area contributed by atoms with Crippen LogP contribution in [0.1, 0.15) is 26.3 Å². The van der Waals surface area contributed by atoms with Gasteiger partial charge in [-0.3, -0.25) is 0 Å². The van der Waals surface area contributed by atoms with Gasteiger partial charge in [-0.2, -0.15) is 0 Å². The molecule has 0 amide bonds. The van der Waals surface area contributed by atoms with Crippen LogP contribution < -0.4 is 4.74 Å². The first-order chi connectivity index (χ1) is 11.7. The van der Waals surface area contributed by atoms with E-state index in [0.717, 1.165) is 5.56 Å². The van der Waals surface area contributed by atoms with Crippen molar-refractivity contribution in [1.29, 1.82) is 0 Å². The number of hydrogen-bond acceptors (Lipinski definition) is 4. The molecule has 1 atom stereocenters. The van der Waals surface area contributed by atoms with Gasteiger partial charge in [0.05, 0.1) is 20.9 Å².